The summed E-state index contributed by atoms with van der Waals surface area (Å²) in [4.78, 5) is 0. The molecule has 86 valence electrons. The first kappa shape index (κ1) is 14.4. The fourth-order valence-corrected chi connectivity index (χ4v) is 8.05. The van der Waals surface area contributed by atoms with Gasteiger partial charge < -0.3 is 8.54 Å². The van der Waals surface area contributed by atoms with E-state index in [1.165, 1.54) is 6.42 Å². The first-order valence-electron chi connectivity index (χ1n) is 5.50. The molecule has 0 N–H and O–H groups in total. The van der Waals surface area contributed by atoms with Crippen LogP contribution in [-0.4, -0.2) is 23.5 Å². The lowest BCUT2D eigenvalue weighted by molar-refractivity contribution is 0.205. The standard InChI is InChI=1S/C10H26O2Si2/c1-8-10(2)9-11-14(6,7)12-13(3,4)5/h10H,8-9H2,1-7H3. The van der Waals surface area contributed by atoms with Gasteiger partial charge in [0.05, 0.1) is 0 Å². The van der Waals surface area contributed by atoms with Gasteiger partial charge in [-0.1, -0.05) is 20.3 Å². The molecule has 2 nitrogen and oxygen atoms in total. The fourth-order valence-electron chi connectivity index (χ4n) is 1.23. The SMILES string of the molecule is CCC(C)CO[Si](C)(C)O[Si](C)(C)C. The van der Waals surface area contributed by atoms with Gasteiger partial charge in [-0.2, -0.15) is 0 Å². The van der Waals surface area contributed by atoms with Crippen LogP contribution < -0.4 is 0 Å². The van der Waals surface area contributed by atoms with Gasteiger partial charge in [0, 0.05) is 6.61 Å². The molecule has 0 aliphatic carbocycles. The lowest BCUT2D eigenvalue weighted by Crippen LogP contribution is -2.45. The average Bonchev–Trinajstić information content (AvgIpc) is 1.96. The van der Waals surface area contributed by atoms with E-state index in [0.717, 1.165) is 6.61 Å². The van der Waals surface area contributed by atoms with Crippen molar-refractivity contribution in [3.8, 4) is 0 Å². The average molecular weight is 234 g/mol. The molecular weight excluding hydrogens is 208 g/mol. The molecule has 0 saturated carbocycles. The summed E-state index contributed by atoms with van der Waals surface area (Å²) >= 11 is 0. The fraction of sp³-hybridized carbons (Fsp3) is 1.00. The molecule has 0 saturated heterocycles. The quantitative estimate of drug-likeness (QED) is 0.654. The van der Waals surface area contributed by atoms with Crippen molar-refractivity contribution in [3.05, 3.63) is 0 Å². The monoisotopic (exact) mass is 234 g/mol. The second kappa shape index (κ2) is 5.44. The molecule has 0 fully saturated rings. The highest BCUT2D eigenvalue weighted by Gasteiger charge is 2.31. The van der Waals surface area contributed by atoms with Crippen LogP contribution in [0.4, 0.5) is 0 Å². The van der Waals surface area contributed by atoms with E-state index in [2.05, 4.69) is 46.6 Å². The van der Waals surface area contributed by atoms with Crippen molar-refractivity contribution < 1.29 is 8.54 Å². The molecule has 1 atom stereocenters. The summed E-state index contributed by atoms with van der Waals surface area (Å²) in [5, 5.41) is 0. The van der Waals surface area contributed by atoms with Crippen LogP contribution in [-0.2, 0) is 8.54 Å². The first-order valence-corrected chi connectivity index (χ1v) is 11.7. The summed E-state index contributed by atoms with van der Waals surface area (Å²) < 4.78 is 12.0. The third-order valence-electron chi connectivity index (χ3n) is 1.96. The van der Waals surface area contributed by atoms with Gasteiger partial charge in [0.15, 0.2) is 8.32 Å². The molecule has 0 bridgehead atoms. The number of rotatable bonds is 6. The summed E-state index contributed by atoms with van der Waals surface area (Å²) in [6, 6.07) is 0. The Morgan fingerprint density at radius 3 is 1.93 bits per heavy atom. The van der Waals surface area contributed by atoms with E-state index in [0.29, 0.717) is 5.92 Å². The molecule has 1 unspecified atom stereocenters. The van der Waals surface area contributed by atoms with Crippen LogP contribution in [0.15, 0.2) is 0 Å². The summed E-state index contributed by atoms with van der Waals surface area (Å²) in [6.07, 6.45) is 1.18. The van der Waals surface area contributed by atoms with Gasteiger partial charge in [-0.15, -0.1) is 0 Å². The van der Waals surface area contributed by atoms with Crippen LogP contribution in [0.25, 0.3) is 0 Å². The molecule has 0 aromatic heterocycles. The van der Waals surface area contributed by atoms with Crippen molar-refractivity contribution in [2.75, 3.05) is 6.61 Å². The Labute approximate surface area is 91.4 Å². The minimum Gasteiger partial charge on any atom is -0.436 e. The maximum atomic E-state index is 6.08. The van der Waals surface area contributed by atoms with Gasteiger partial charge in [-0.3, -0.25) is 0 Å². The Bertz CT molecular complexity index is 164. The smallest absolute Gasteiger partial charge is 0.321 e. The molecule has 14 heavy (non-hydrogen) atoms. The Morgan fingerprint density at radius 1 is 1.07 bits per heavy atom. The van der Waals surface area contributed by atoms with Crippen molar-refractivity contribution in [1.29, 1.82) is 0 Å². The molecule has 0 aliphatic rings. The molecule has 0 aromatic rings. The lowest BCUT2D eigenvalue weighted by atomic mass is 10.1. The second-order valence-corrected chi connectivity index (χ2v) is 13.6. The third kappa shape index (κ3) is 7.73. The Morgan fingerprint density at radius 2 is 1.57 bits per heavy atom. The van der Waals surface area contributed by atoms with Crippen molar-refractivity contribution in [2.45, 2.75) is 53.0 Å². The molecule has 0 amide bonds. The van der Waals surface area contributed by atoms with E-state index in [1.54, 1.807) is 0 Å². The predicted molar refractivity (Wildman–Crippen MR) is 67.3 cm³/mol. The van der Waals surface area contributed by atoms with Gasteiger partial charge in [-0.25, -0.2) is 0 Å². The van der Waals surface area contributed by atoms with Crippen LogP contribution in [0.1, 0.15) is 20.3 Å². The molecule has 0 aliphatic heterocycles. The van der Waals surface area contributed by atoms with E-state index in [-0.39, 0.29) is 0 Å². The van der Waals surface area contributed by atoms with Crippen molar-refractivity contribution in [3.63, 3.8) is 0 Å². The Kier molecular flexibility index (Phi) is 5.58. The summed E-state index contributed by atoms with van der Waals surface area (Å²) in [5.74, 6) is 0.645. The molecule has 0 aromatic carbocycles. The topological polar surface area (TPSA) is 18.5 Å². The zero-order valence-electron chi connectivity index (χ0n) is 10.8. The normalized spacial score (nSPS) is 15.6. The third-order valence-corrected chi connectivity index (χ3v) is 7.24. The molecule has 0 radical (unpaired) electrons. The number of hydrogen-bond donors (Lipinski definition) is 0. The zero-order valence-corrected chi connectivity index (χ0v) is 12.8. The maximum absolute atomic E-state index is 6.08. The summed E-state index contributed by atoms with van der Waals surface area (Å²) in [7, 11) is -3.29. The highest BCUT2D eigenvalue weighted by Crippen LogP contribution is 2.16. The minimum absolute atomic E-state index is 0.645. The molecule has 0 heterocycles. The van der Waals surface area contributed by atoms with E-state index in [9.17, 15) is 0 Å². The van der Waals surface area contributed by atoms with Crippen molar-refractivity contribution in [2.24, 2.45) is 5.92 Å². The minimum atomic E-state index is -1.86. The number of hydrogen-bond acceptors (Lipinski definition) is 2. The van der Waals surface area contributed by atoms with Gasteiger partial charge in [0.1, 0.15) is 0 Å². The lowest BCUT2D eigenvalue weighted by Gasteiger charge is -2.31. The summed E-state index contributed by atoms with van der Waals surface area (Å²) in [5.41, 5.74) is 0. The van der Waals surface area contributed by atoms with Crippen LogP contribution in [0.3, 0.4) is 0 Å². The van der Waals surface area contributed by atoms with E-state index in [1.807, 2.05) is 0 Å². The molecule has 0 spiro atoms. The van der Waals surface area contributed by atoms with Crippen molar-refractivity contribution in [1.82, 2.24) is 0 Å². The second-order valence-electron chi connectivity index (χ2n) is 5.44. The van der Waals surface area contributed by atoms with Gasteiger partial charge >= 0.3 is 8.56 Å². The Hall–Kier alpha value is 0.354. The van der Waals surface area contributed by atoms with Crippen LogP contribution in [0, 0.1) is 5.92 Å². The molecule has 0 rings (SSSR count). The van der Waals surface area contributed by atoms with E-state index >= 15 is 0 Å². The summed E-state index contributed by atoms with van der Waals surface area (Å²) in [6.45, 7) is 16.2. The van der Waals surface area contributed by atoms with Crippen LogP contribution >= 0.6 is 0 Å². The highest BCUT2D eigenvalue weighted by atomic mass is 28.4. The van der Waals surface area contributed by atoms with Gasteiger partial charge in [0.25, 0.3) is 0 Å². The Balaban J connectivity index is 3.95. The van der Waals surface area contributed by atoms with Gasteiger partial charge in [0.2, 0.25) is 0 Å². The van der Waals surface area contributed by atoms with E-state index < -0.39 is 16.9 Å². The van der Waals surface area contributed by atoms with Crippen LogP contribution in [0.5, 0.6) is 0 Å². The predicted octanol–water partition coefficient (Wildman–Crippen LogP) is 3.60. The molecule has 4 heteroatoms. The largest absolute Gasteiger partial charge is 0.436 e. The zero-order chi connectivity index (χ0) is 11.4. The van der Waals surface area contributed by atoms with Crippen molar-refractivity contribution >= 4 is 16.9 Å². The van der Waals surface area contributed by atoms with E-state index in [4.69, 9.17) is 8.54 Å². The van der Waals surface area contributed by atoms with Gasteiger partial charge in [-0.05, 0) is 38.7 Å². The first-order chi connectivity index (χ1) is 6.16. The molecular formula is C10H26O2Si2. The van der Waals surface area contributed by atoms with Crippen LogP contribution in [0.2, 0.25) is 32.7 Å². The maximum Gasteiger partial charge on any atom is 0.321 e. The highest BCUT2D eigenvalue weighted by molar-refractivity contribution is 6.81.